The van der Waals surface area contributed by atoms with Gasteiger partial charge in [-0.25, -0.2) is 0 Å². The molecule has 2 saturated heterocycles. The van der Waals surface area contributed by atoms with E-state index in [0.717, 1.165) is 52.9 Å². The van der Waals surface area contributed by atoms with Crippen molar-refractivity contribution in [3.63, 3.8) is 0 Å². The topological polar surface area (TPSA) is 36.9 Å². The highest BCUT2D eigenvalue weighted by Crippen LogP contribution is 2.32. The van der Waals surface area contributed by atoms with E-state index in [9.17, 15) is 0 Å². The molecule has 0 aromatic rings. The van der Waals surface area contributed by atoms with Gasteiger partial charge in [-0.3, -0.25) is 0 Å². The molecule has 2 aliphatic heterocycles. The van der Waals surface area contributed by atoms with Gasteiger partial charge in [0.2, 0.25) is 0 Å². The highest BCUT2D eigenvalue weighted by Gasteiger charge is 2.37. The van der Waals surface area contributed by atoms with Gasteiger partial charge in [-0.2, -0.15) is 0 Å². The first kappa shape index (κ1) is 20.2. The van der Waals surface area contributed by atoms with Crippen LogP contribution in [-0.2, 0) is 18.9 Å². The highest BCUT2D eigenvalue weighted by atomic mass is 16.5. The molecule has 0 aliphatic carbocycles. The Morgan fingerprint density at radius 1 is 0.625 bits per heavy atom. The summed E-state index contributed by atoms with van der Waals surface area (Å²) in [6, 6.07) is 0. The molecule has 0 bridgehead atoms. The van der Waals surface area contributed by atoms with Crippen LogP contribution in [0.15, 0.2) is 0 Å². The first-order valence-corrected chi connectivity index (χ1v) is 10.1. The maximum atomic E-state index is 5.84. The Hall–Kier alpha value is -0.160. The molecule has 0 unspecified atom stereocenters. The lowest BCUT2D eigenvalue weighted by Gasteiger charge is -2.40. The molecular formula is C20H38O4. The zero-order chi connectivity index (χ0) is 17.1. The summed E-state index contributed by atoms with van der Waals surface area (Å²) in [5.41, 5.74) is 0.671. The lowest BCUT2D eigenvalue weighted by atomic mass is 9.84. The number of hydrogen-bond donors (Lipinski definition) is 0. The average Bonchev–Trinajstić information content (AvgIpc) is 2.52. The molecule has 2 aliphatic rings. The van der Waals surface area contributed by atoms with Gasteiger partial charge in [-0.15, -0.1) is 0 Å². The summed E-state index contributed by atoms with van der Waals surface area (Å²) >= 11 is 0. The van der Waals surface area contributed by atoms with Crippen molar-refractivity contribution >= 4 is 0 Å². The van der Waals surface area contributed by atoms with Crippen LogP contribution in [0.2, 0.25) is 0 Å². The fourth-order valence-electron chi connectivity index (χ4n) is 3.25. The van der Waals surface area contributed by atoms with E-state index < -0.39 is 0 Å². The fourth-order valence-corrected chi connectivity index (χ4v) is 3.25. The fraction of sp³-hybridized carbons (Fsp3) is 1.00. The van der Waals surface area contributed by atoms with Gasteiger partial charge < -0.3 is 18.9 Å². The second kappa shape index (κ2) is 10.7. The summed E-state index contributed by atoms with van der Waals surface area (Å²) in [4.78, 5) is 0. The van der Waals surface area contributed by atoms with Gasteiger partial charge in [0.05, 0.1) is 39.6 Å². The Morgan fingerprint density at radius 3 is 1.29 bits per heavy atom. The summed E-state index contributed by atoms with van der Waals surface area (Å²) in [5.74, 6) is 0. The summed E-state index contributed by atoms with van der Waals surface area (Å²) < 4.78 is 22.3. The van der Waals surface area contributed by atoms with Crippen LogP contribution in [0.4, 0.5) is 0 Å². The van der Waals surface area contributed by atoms with Gasteiger partial charge in [0, 0.05) is 24.0 Å². The molecule has 142 valence electrons. The Bertz CT molecular complexity index is 281. The minimum absolute atomic E-state index is 0.335. The van der Waals surface area contributed by atoms with Crippen LogP contribution >= 0.6 is 0 Å². The number of hydrogen-bond acceptors (Lipinski definition) is 4. The van der Waals surface area contributed by atoms with E-state index in [4.69, 9.17) is 18.9 Å². The van der Waals surface area contributed by atoms with E-state index in [1.807, 2.05) is 0 Å². The van der Waals surface area contributed by atoms with Crippen LogP contribution in [0.3, 0.4) is 0 Å². The lowest BCUT2D eigenvalue weighted by molar-refractivity contribution is -0.150. The average molecular weight is 343 g/mol. The summed E-state index contributed by atoms with van der Waals surface area (Å²) in [6.07, 6.45) is 9.92. The van der Waals surface area contributed by atoms with Crippen molar-refractivity contribution in [1.29, 1.82) is 0 Å². The van der Waals surface area contributed by atoms with Crippen LogP contribution < -0.4 is 0 Å². The number of unbranched alkanes of at least 4 members (excludes halogenated alkanes) is 5. The predicted molar refractivity (Wildman–Crippen MR) is 96.4 cm³/mol. The minimum Gasteiger partial charge on any atom is -0.381 e. The van der Waals surface area contributed by atoms with Crippen LogP contribution in [-0.4, -0.2) is 52.9 Å². The third-order valence-electron chi connectivity index (χ3n) is 5.78. The van der Waals surface area contributed by atoms with E-state index in [0.29, 0.717) is 10.8 Å². The maximum absolute atomic E-state index is 5.84. The Labute approximate surface area is 148 Å². The van der Waals surface area contributed by atoms with E-state index in [2.05, 4.69) is 13.8 Å². The van der Waals surface area contributed by atoms with E-state index in [1.54, 1.807) is 0 Å². The van der Waals surface area contributed by atoms with Gasteiger partial charge in [-0.1, -0.05) is 39.5 Å². The normalized spacial score (nSPS) is 21.2. The monoisotopic (exact) mass is 342 g/mol. The van der Waals surface area contributed by atoms with E-state index in [-0.39, 0.29) is 0 Å². The smallest absolute Gasteiger partial charge is 0.0566 e. The van der Waals surface area contributed by atoms with Crippen molar-refractivity contribution in [2.75, 3.05) is 52.9 Å². The molecule has 0 aromatic heterocycles. The molecule has 2 fully saturated rings. The first-order valence-electron chi connectivity index (χ1n) is 10.1. The summed E-state index contributed by atoms with van der Waals surface area (Å²) in [7, 11) is 0. The summed E-state index contributed by atoms with van der Waals surface area (Å²) in [5, 5.41) is 0. The third kappa shape index (κ3) is 6.29. The molecule has 0 saturated carbocycles. The quantitative estimate of drug-likeness (QED) is 0.418. The zero-order valence-corrected chi connectivity index (χ0v) is 15.9. The van der Waals surface area contributed by atoms with Crippen molar-refractivity contribution < 1.29 is 18.9 Å². The highest BCUT2D eigenvalue weighted by molar-refractivity contribution is 4.84. The largest absolute Gasteiger partial charge is 0.381 e. The predicted octanol–water partition coefficient (Wildman–Crippen LogP) is 4.21. The summed E-state index contributed by atoms with van der Waals surface area (Å²) in [6.45, 7) is 11.6. The van der Waals surface area contributed by atoms with Crippen LogP contribution in [0.25, 0.3) is 0 Å². The molecule has 0 aromatic carbocycles. The first-order chi connectivity index (χ1) is 11.7. The van der Waals surface area contributed by atoms with Crippen LogP contribution in [0.5, 0.6) is 0 Å². The Morgan fingerprint density at radius 2 is 1.00 bits per heavy atom. The second-order valence-corrected chi connectivity index (χ2v) is 7.92. The van der Waals surface area contributed by atoms with Crippen molar-refractivity contribution in [2.24, 2.45) is 10.8 Å². The molecule has 4 nitrogen and oxygen atoms in total. The molecule has 24 heavy (non-hydrogen) atoms. The minimum atomic E-state index is 0.335. The third-order valence-corrected chi connectivity index (χ3v) is 5.78. The molecule has 0 amide bonds. The SMILES string of the molecule is CCC1(COCCCCCCCCOCC2(CC)COC2)COC1. The van der Waals surface area contributed by atoms with Gasteiger partial charge >= 0.3 is 0 Å². The standard InChI is InChI=1S/C20H38O4/c1-3-19(15-23-16-19)13-21-11-9-7-5-6-8-10-12-22-14-20(4-2)17-24-18-20/h3-18H2,1-2H3. The maximum Gasteiger partial charge on any atom is 0.0566 e. The molecule has 2 heterocycles. The molecule has 0 spiro atoms. The van der Waals surface area contributed by atoms with Crippen LogP contribution in [0, 0.1) is 10.8 Å². The molecule has 0 atom stereocenters. The molecular weight excluding hydrogens is 304 g/mol. The van der Waals surface area contributed by atoms with Gasteiger partial charge in [-0.05, 0) is 25.7 Å². The second-order valence-electron chi connectivity index (χ2n) is 7.92. The van der Waals surface area contributed by atoms with E-state index in [1.165, 1.54) is 51.4 Å². The van der Waals surface area contributed by atoms with E-state index >= 15 is 0 Å². The molecule has 2 rings (SSSR count). The molecule has 0 N–H and O–H groups in total. The molecule has 4 heteroatoms. The lowest BCUT2D eigenvalue weighted by Crippen LogP contribution is -2.45. The molecule has 0 radical (unpaired) electrons. The van der Waals surface area contributed by atoms with Gasteiger partial charge in [0.15, 0.2) is 0 Å². The van der Waals surface area contributed by atoms with Crippen molar-refractivity contribution in [2.45, 2.75) is 65.2 Å². The van der Waals surface area contributed by atoms with Gasteiger partial charge in [0.1, 0.15) is 0 Å². The Balaban J connectivity index is 1.30. The van der Waals surface area contributed by atoms with Gasteiger partial charge in [0.25, 0.3) is 0 Å². The van der Waals surface area contributed by atoms with Crippen molar-refractivity contribution in [3.8, 4) is 0 Å². The zero-order valence-electron chi connectivity index (χ0n) is 15.9. The number of ether oxygens (including phenoxy) is 4. The Kier molecular flexibility index (Phi) is 9.02. The van der Waals surface area contributed by atoms with Crippen molar-refractivity contribution in [1.82, 2.24) is 0 Å². The number of rotatable bonds is 15. The van der Waals surface area contributed by atoms with Crippen molar-refractivity contribution in [3.05, 3.63) is 0 Å². The van der Waals surface area contributed by atoms with Crippen LogP contribution in [0.1, 0.15) is 65.2 Å².